The zero-order valence-electron chi connectivity index (χ0n) is 23.0. The highest BCUT2D eigenvalue weighted by molar-refractivity contribution is 6.22. The number of carboxylic acid groups (broad SMARTS) is 2. The number of fused-ring (bicyclic) bond motifs is 6. The SMILES string of the molecule is CC1(C(=O)O)CC(C)(C(=O)O)c2ccc3c4c(ccc1c24)C1(C)CC3(C)c2ccc3c4c(ccc1c24)C(=O)OC3=O. The maximum Gasteiger partial charge on any atom is 0.346 e. The molecular weight excluding hydrogens is 520 g/mol. The predicted molar refractivity (Wildman–Crippen MR) is 150 cm³/mol. The van der Waals surface area contributed by atoms with Gasteiger partial charge in [0, 0.05) is 16.2 Å². The number of aliphatic carboxylic acids is 2. The molecule has 7 nitrogen and oxygen atoms in total. The van der Waals surface area contributed by atoms with Crippen LogP contribution in [0.3, 0.4) is 0 Å². The number of carbonyl (C=O) groups excluding carboxylic acids is 2. The Labute approximate surface area is 234 Å². The Morgan fingerprint density at radius 3 is 1.32 bits per heavy atom. The first-order valence-corrected chi connectivity index (χ1v) is 13.7. The summed E-state index contributed by atoms with van der Waals surface area (Å²) in [6.07, 6.45) is 0.657. The Hall–Kier alpha value is -4.52. The second-order valence-electron chi connectivity index (χ2n) is 13.1. The minimum Gasteiger partial charge on any atom is -0.481 e. The van der Waals surface area contributed by atoms with E-state index in [-0.39, 0.29) is 6.42 Å². The summed E-state index contributed by atoms with van der Waals surface area (Å²) >= 11 is 0. The van der Waals surface area contributed by atoms with Gasteiger partial charge in [0.2, 0.25) is 0 Å². The number of rotatable bonds is 2. The van der Waals surface area contributed by atoms with Crippen LogP contribution in [0.2, 0.25) is 0 Å². The maximum atomic E-state index is 12.8. The van der Waals surface area contributed by atoms with E-state index in [9.17, 15) is 29.4 Å². The quantitative estimate of drug-likeness (QED) is 0.244. The lowest BCUT2D eigenvalue weighted by atomic mass is 9.50. The van der Waals surface area contributed by atoms with Gasteiger partial charge in [-0.1, -0.05) is 50.2 Å². The summed E-state index contributed by atoms with van der Waals surface area (Å²) < 4.78 is 5.03. The third kappa shape index (κ3) is 2.45. The summed E-state index contributed by atoms with van der Waals surface area (Å²) in [5.41, 5.74) is 2.02. The van der Waals surface area contributed by atoms with Gasteiger partial charge in [0.1, 0.15) is 0 Å². The summed E-state index contributed by atoms with van der Waals surface area (Å²) in [7, 11) is 0. The summed E-state index contributed by atoms with van der Waals surface area (Å²) in [5.74, 6) is -3.41. The third-order valence-electron chi connectivity index (χ3n) is 10.9. The lowest BCUT2D eigenvalue weighted by Gasteiger charge is -2.53. The molecule has 1 aliphatic heterocycles. The van der Waals surface area contributed by atoms with E-state index in [1.54, 1.807) is 26.0 Å². The zero-order chi connectivity index (χ0) is 29.0. The second-order valence-corrected chi connectivity index (χ2v) is 13.1. The van der Waals surface area contributed by atoms with Crippen LogP contribution in [-0.4, -0.2) is 34.1 Å². The number of hydrogen-bond acceptors (Lipinski definition) is 5. The van der Waals surface area contributed by atoms with E-state index >= 15 is 0 Å². The van der Waals surface area contributed by atoms with E-state index < -0.39 is 45.5 Å². The van der Waals surface area contributed by atoms with Gasteiger partial charge in [-0.25, -0.2) is 9.59 Å². The van der Waals surface area contributed by atoms with Crippen LogP contribution < -0.4 is 0 Å². The van der Waals surface area contributed by atoms with Crippen LogP contribution in [-0.2, 0) is 36.0 Å². The molecule has 4 aliphatic rings. The Morgan fingerprint density at radius 1 is 0.561 bits per heavy atom. The van der Waals surface area contributed by atoms with Crippen LogP contribution in [0.25, 0.3) is 21.5 Å². The molecule has 0 saturated carbocycles. The fourth-order valence-electron chi connectivity index (χ4n) is 8.94. The first kappa shape index (κ1) is 24.3. The Morgan fingerprint density at radius 2 is 0.902 bits per heavy atom. The molecule has 0 amide bonds. The molecule has 1 heterocycles. The van der Waals surface area contributed by atoms with E-state index in [1.807, 2.05) is 36.4 Å². The highest BCUT2D eigenvalue weighted by Crippen LogP contribution is 2.63. The first-order chi connectivity index (χ1) is 19.3. The summed E-state index contributed by atoms with van der Waals surface area (Å²) in [6, 6.07) is 15.1. The molecule has 8 rings (SSSR count). The van der Waals surface area contributed by atoms with Gasteiger partial charge in [0.25, 0.3) is 0 Å². The molecule has 3 aliphatic carbocycles. The largest absolute Gasteiger partial charge is 0.481 e. The number of cyclic esters (lactones) is 2. The van der Waals surface area contributed by atoms with Crippen LogP contribution in [0, 0.1) is 0 Å². The topological polar surface area (TPSA) is 118 Å². The Bertz CT molecular complexity index is 1910. The fourth-order valence-corrected chi connectivity index (χ4v) is 8.94. The standard InChI is InChI=1S/C34H26O7/c1-31-13-32(2,18-8-6-16-23-15(27(35)41-28(16)36)5-7-17(31)24(18)23)20-10-12-22-26-21(11-9-19(31)25(20)26)33(3,29(37)38)14-34(22,4)30(39)40/h5-12H,13-14H2,1-4H3,(H,37,38)(H,39,40). The van der Waals surface area contributed by atoms with Crippen molar-refractivity contribution in [3.8, 4) is 0 Å². The number of hydrogen-bond donors (Lipinski definition) is 2. The molecule has 0 spiro atoms. The molecule has 4 atom stereocenters. The number of esters is 2. The minimum absolute atomic E-state index is 0.0577. The molecule has 0 radical (unpaired) electrons. The zero-order valence-corrected chi connectivity index (χ0v) is 23.0. The molecule has 4 unspecified atom stereocenters. The lowest BCUT2D eigenvalue weighted by molar-refractivity contribution is -0.148. The van der Waals surface area contributed by atoms with Crippen LogP contribution >= 0.6 is 0 Å². The Balaban J connectivity index is 1.57. The van der Waals surface area contributed by atoms with Crippen LogP contribution in [0.5, 0.6) is 0 Å². The maximum absolute atomic E-state index is 12.8. The molecule has 4 aromatic carbocycles. The molecule has 2 bridgehead atoms. The summed E-state index contributed by atoms with van der Waals surface area (Å²) in [6.45, 7) is 7.57. The van der Waals surface area contributed by atoms with Crippen molar-refractivity contribution in [3.05, 3.63) is 93.0 Å². The van der Waals surface area contributed by atoms with E-state index in [1.165, 1.54) is 0 Å². The monoisotopic (exact) mass is 546 g/mol. The van der Waals surface area contributed by atoms with Crippen molar-refractivity contribution < 1.29 is 34.1 Å². The van der Waals surface area contributed by atoms with Gasteiger partial charge in [0.05, 0.1) is 22.0 Å². The van der Waals surface area contributed by atoms with E-state index in [4.69, 9.17) is 4.74 Å². The summed E-state index contributed by atoms with van der Waals surface area (Å²) in [5, 5.41) is 24.0. The third-order valence-corrected chi connectivity index (χ3v) is 10.9. The highest BCUT2D eigenvalue weighted by Gasteiger charge is 2.56. The average molecular weight is 547 g/mol. The lowest BCUT2D eigenvalue weighted by Crippen LogP contribution is -2.49. The molecule has 7 heteroatoms. The van der Waals surface area contributed by atoms with Crippen molar-refractivity contribution in [2.45, 2.75) is 62.2 Å². The van der Waals surface area contributed by atoms with E-state index in [2.05, 4.69) is 13.8 Å². The van der Waals surface area contributed by atoms with Crippen molar-refractivity contribution in [2.24, 2.45) is 0 Å². The van der Waals surface area contributed by atoms with Crippen LogP contribution in [0.4, 0.5) is 0 Å². The van der Waals surface area contributed by atoms with Crippen molar-refractivity contribution >= 4 is 45.4 Å². The van der Waals surface area contributed by atoms with Crippen LogP contribution in [0.1, 0.15) is 94.6 Å². The van der Waals surface area contributed by atoms with Gasteiger partial charge in [-0.2, -0.15) is 0 Å². The fraction of sp³-hybridized carbons (Fsp3) is 0.294. The molecule has 41 heavy (non-hydrogen) atoms. The van der Waals surface area contributed by atoms with Gasteiger partial charge in [-0.3, -0.25) is 9.59 Å². The van der Waals surface area contributed by atoms with Gasteiger partial charge in [-0.15, -0.1) is 0 Å². The minimum atomic E-state index is -1.40. The average Bonchev–Trinajstić information content (AvgIpc) is 2.92. The highest BCUT2D eigenvalue weighted by atomic mass is 16.6. The van der Waals surface area contributed by atoms with Crippen molar-refractivity contribution in [1.82, 2.24) is 0 Å². The molecular formula is C34H26O7. The number of benzene rings is 4. The normalized spacial score (nSPS) is 30.3. The van der Waals surface area contributed by atoms with E-state index in [0.29, 0.717) is 39.4 Å². The molecule has 2 N–H and O–H groups in total. The van der Waals surface area contributed by atoms with E-state index in [0.717, 1.165) is 33.0 Å². The molecule has 0 aromatic heterocycles. The molecule has 0 fully saturated rings. The van der Waals surface area contributed by atoms with Crippen LogP contribution in [0.15, 0.2) is 48.5 Å². The first-order valence-electron chi connectivity index (χ1n) is 13.7. The molecule has 4 aromatic rings. The van der Waals surface area contributed by atoms with Gasteiger partial charge in [0.15, 0.2) is 0 Å². The second kappa shape index (κ2) is 6.85. The molecule has 204 valence electrons. The van der Waals surface area contributed by atoms with Gasteiger partial charge >= 0.3 is 23.9 Å². The van der Waals surface area contributed by atoms with Gasteiger partial charge < -0.3 is 14.9 Å². The Kier molecular flexibility index (Phi) is 4.06. The van der Waals surface area contributed by atoms with Crippen molar-refractivity contribution in [3.63, 3.8) is 0 Å². The smallest absolute Gasteiger partial charge is 0.346 e. The number of ether oxygens (including phenoxy) is 1. The molecule has 0 saturated heterocycles. The predicted octanol–water partition coefficient (Wildman–Crippen LogP) is 5.72. The van der Waals surface area contributed by atoms with Gasteiger partial charge in [-0.05, 0) is 88.4 Å². The summed E-state index contributed by atoms with van der Waals surface area (Å²) in [4.78, 5) is 51.1. The number of carbonyl (C=O) groups is 4. The van der Waals surface area contributed by atoms with Crippen molar-refractivity contribution in [2.75, 3.05) is 0 Å². The number of carboxylic acids is 2. The van der Waals surface area contributed by atoms with Crippen molar-refractivity contribution in [1.29, 1.82) is 0 Å².